The van der Waals surface area contributed by atoms with Crippen LogP contribution < -0.4 is 10.6 Å². The molecule has 6 nitrogen and oxygen atoms in total. The van der Waals surface area contributed by atoms with Gasteiger partial charge in [0.15, 0.2) is 6.04 Å². The molecule has 0 aromatic heterocycles. The van der Waals surface area contributed by atoms with Gasteiger partial charge in [-0.2, -0.15) is 0 Å². The fraction of sp³-hybridized carbons (Fsp3) is 0.778. The Hall–Kier alpha value is -1.30. The van der Waals surface area contributed by atoms with Crippen molar-refractivity contribution in [1.82, 2.24) is 10.6 Å². The normalized spacial score (nSPS) is 19.1. The summed E-state index contributed by atoms with van der Waals surface area (Å²) in [4.78, 5) is 21.8. The van der Waals surface area contributed by atoms with E-state index in [1.807, 2.05) is 6.92 Å². The van der Waals surface area contributed by atoms with Gasteiger partial charge in [0.05, 0.1) is 6.61 Å². The smallest absolute Gasteiger partial charge is 0.328 e. The summed E-state index contributed by atoms with van der Waals surface area (Å²) in [5.41, 5.74) is 0. The molecule has 1 saturated carbocycles. The zero-order valence-electron chi connectivity index (χ0n) is 8.56. The first-order chi connectivity index (χ1) is 7.04. The highest BCUT2D eigenvalue weighted by atomic mass is 16.4. The summed E-state index contributed by atoms with van der Waals surface area (Å²) in [5.74, 6) is -0.736. The number of rotatable bonds is 5. The fourth-order valence-electron chi connectivity index (χ4n) is 1.31. The van der Waals surface area contributed by atoms with E-state index in [4.69, 9.17) is 10.2 Å². The van der Waals surface area contributed by atoms with Gasteiger partial charge in [-0.3, -0.25) is 0 Å². The van der Waals surface area contributed by atoms with Gasteiger partial charge in [0, 0.05) is 6.04 Å². The summed E-state index contributed by atoms with van der Waals surface area (Å²) in [6.45, 7) is 1.27. The van der Waals surface area contributed by atoms with Crippen LogP contribution in [0.2, 0.25) is 0 Å². The lowest BCUT2D eigenvalue weighted by atomic mass is 10.2. The highest BCUT2D eigenvalue weighted by Crippen LogP contribution is 2.32. The number of aliphatic carboxylic acids is 1. The molecule has 0 saturated heterocycles. The van der Waals surface area contributed by atoms with Crippen molar-refractivity contribution in [2.75, 3.05) is 6.61 Å². The molecule has 6 heteroatoms. The van der Waals surface area contributed by atoms with Gasteiger partial charge in [-0.1, -0.05) is 0 Å². The molecule has 0 bridgehead atoms. The quantitative estimate of drug-likeness (QED) is 0.499. The zero-order chi connectivity index (χ0) is 11.4. The summed E-state index contributed by atoms with van der Waals surface area (Å²) < 4.78 is 0. The molecule has 0 radical (unpaired) electrons. The summed E-state index contributed by atoms with van der Waals surface area (Å²) in [7, 11) is 0. The maximum atomic E-state index is 11.3. The van der Waals surface area contributed by atoms with Crippen LogP contribution in [0.5, 0.6) is 0 Å². The number of nitrogens with one attached hydrogen (secondary N) is 2. The third-order valence-corrected chi connectivity index (χ3v) is 2.47. The van der Waals surface area contributed by atoms with Gasteiger partial charge in [-0.05, 0) is 25.7 Å². The molecule has 1 fully saturated rings. The van der Waals surface area contributed by atoms with Crippen molar-refractivity contribution in [3.63, 3.8) is 0 Å². The molecule has 0 aromatic rings. The van der Waals surface area contributed by atoms with Gasteiger partial charge in [-0.15, -0.1) is 0 Å². The van der Waals surface area contributed by atoms with Crippen molar-refractivity contribution in [1.29, 1.82) is 0 Å². The molecule has 0 heterocycles. The Morgan fingerprint density at radius 1 is 1.40 bits per heavy atom. The maximum Gasteiger partial charge on any atom is 0.328 e. The third kappa shape index (κ3) is 3.75. The highest BCUT2D eigenvalue weighted by Gasteiger charge is 2.29. The number of carboxylic acids is 1. The number of aliphatic hydroxyl groups excluding tert-OH is 1. The Labute approximate surface area is 87.7 Å². The van der Waals surface area contributed by atoms with Crippen molar-refractivity contribution in [2.45, 2.75) is 31.8 Å². The van der Waals surface area contributed by atoms with Gasteiger partial charge in [0.25, 0.3) is 0 Å². The van der Waals surface area contributed by atoms with Crippen LogP contribution in [0.25, 0.3) is 0 Å². The maximum absolute atomic E-state index is 11.3. The van der Waals surface area contributed by atoms with Crippen LogP contribution in [-0.2, 0) is 4.79 Å². The van der Waals surface area contributed by atoms with E-state index in [1.54, 1.807) is 0 Å². The lowest BCUT2D eigenvalue weighted by Gasteiger charge is -2.16. The molecule has 2 atom stereocenters. The van der Waals surface area contributed by atoms with E-state index >= 15 is 0 Å². The largest absolute Gasteiger partial charge is 0.480 e. The van der Waals surface area contributed by atoms with Gasteiger partial charge in [0.1, 0.15) is 0 Å². The van der Waals surface area contributed by atoms with Crippen molar-refractivity contribution in [3.05, 3.63) is 0 Å². The van der Waals surface area contributed by atoms with E-state index < -0.39 is 24.6 Å². The van der Waals surface area contributed by atoms with E-state index in [-0.39, 0.29) is 6.04 Å². The molecule has 0 aromatic carbocycles. The molecular weight excluding hydrogens is 200 g/mol. The minimum atomic E-state index is -1.24. The molecule has 2 unspecified atom stereocenters. The molecule has 1 rings (SSSR count). The van der Waals surface area contributed by atoms with E-state index in [9.17, 15) is 9.59 Å². The fourth-order valence-corrected chi connectivity index (χ4v) is 1.31. The van der Waals surface area contributed by atoms with Crippen LogP contribution in [0.4, 0.5) is 4.79 Å². The molecule has 4 N–H and O–H groups in total. The first-order valence-corrected chi connectivity index (χ1v) is 4.95. The Morgan fingerprint density at radius 3 is 2.40 bits per heavy atom. The number of carbonyl (C=O) groups excluding carboxylic acids is 1. The lowest BCUT2D eigenvalue weighted by Crippen LogP contribution is -2.50. The second-order valence-electron chi connectivity index (χ2n) is 3.82. The van der Waals surface area contributed by atoms with Gasteiger partial charge in [-0.25, -0.2) is 9.59 Å². The van der Waals surface area contributed by atoms with Crippen LogP contribution in [0.15, 0.2) is 0 Å². The first-order valence-electron chi connectivity index (χ1n) is 4.95. The summed E-state index contributed by atoms with van der Waals surface area (Å²) in [6, 6.07) is -1.73. The molecular formula is C9H16N2O4. The molecule has 0 spiro atoms. The van der Waals surface area contributed by atoms with Gasteiger partial charge in [0.2, 0.25) is 0 Å². The number of amides is 2. The average Bonchev–Trinajstić information content (AvgIpc) is 2.96. The predicted molar refractivity (Wildman–Crippen MR) is 52.4 cm³/mol. The highest BCUT2D eigenvalue weighted by molar-refractivity contribution is 5.82. The Kier molecular flexibility index (Phi) is 3.90. The topological polar surface area (TPSA) is 98.7 Å². The molecule has 0 aliphatic heterocycles. The SMILES string of the molecule is CC(NC(=O)NC(CO)C(=O)O)C1CC1. The molecule has 1 aliphatic carbocycles. The second kappa shape index (κ2) is 4.97. The van der Waals surface area contributed by atoms with Crippen LogP contribution in [-0.4, -0.2) is 40.9 Å². The number of aliphatic hydroxyl groups is 1. The summed E-state index contributed by atoms with van der Waals surface area (Å²) in [5, 5.41) is 22.1. The van der Waals surface area contributed by atoms with E-state index in [2.05, 4.69) is 10.6 Å². The van der Waals surface area contributed by atoms with E-state index in [0.717, 1.165) is 12.8 Å². The van der Waals surface area contributed by atoms with Crippen molar-refractivity contribution < 1.29 is 19.8 Å². The van der Waals surface area contributed by atoms with E-state index in [0.29, 0.717) is 5.92 Å². The predicted octanol–water partition coefficient (Wildman–Crippen LogP) is -0.470. The molecule has 2 amide bonds. The van der Waals surface area contributed by atoms with Crippen LogP contribution in [0.3, 0.4) is 0 Å². The minimum absolute atomic E-state index is 0.0538. The third-order valence-electron chi connectivity index (χ3n) is 2.47. The zero-order valence-corrected chi connectivity index (χ0v) is 8.56. The number of carbonyl (C=O) groups is 2. The Balaban J connectivity index is 2.29. The van der Waals surface area contributed by atoms with Crippen molar-refractivity contribution in [2.24, 2.45) is 5.92 Å². The standard InChI is InChI=1S/C9H16N2O4/c1-5(6-2-3-6)10-9(15)11-7(4-12)8(13)14/h5-7,12H,2-4H2,1H3,(H,13,14)(H2,10,11,15). The van der Waals surface area contributed by atoms with Crippen LogP contribution >= 0.6 is 0 Å². The number of carboxylic acid groups (broad SMARTS) is 1. The average molecular weight is 216 g/mol. The van der Waals surface area contributed by atoms with Crippen LogP contribution in [0.1, 0.15) is 19.8 Å². The summed E-state index contributed by atoms with van der Waals surface area (Å²) in [6.07, 6.45) is 2.20. The lowest BCUT2D eigenvalue weighted by molar-refractivity contribution is -0.140. The molecule has 86 valence electrons. The Bertz CT molecular complexity index is 252. The van der Waals surface area contributed by atoms with Crippen molar-refractivity contribution >= 4 is 12.0 Å². The second-order valence-corrected chi connectivity index (χ2v) is 3.82. The molecule has 15 heavy (non-hydrogen) atoms. The number of hydrogen-bond acceptors (Lipinski definition) is 3. The first kappa shape index (κ1) is 11.8. The number of urea groups is 1. The molecule has 1 aliphatic rings. The monoisotopic (exact) mass is 216 g/mol. The summed E-state index contributed by atoms with van der Waals surface area (Å²) >= 11 is 0. The minimum Gasteiger partial charge on any atom is -0.480 e. The van der Waals surface area contributed by atoms with Crippen molar-refractivity contribution in [3.8, 4) is 0 Å². The number of hydrogen-bond donors (Lipinski definition) is 4. The van der Waals surface area contributed by atoms with Gasteiger partial charge < -0.3 is 20.8 Å². The van der Waals surface area contributed by atoms with Gasteiger partial charge >= 0.3 is 12.0 Å². The Morgan fingerprint density at radius 2 is 2.00 bits per heavy atom. The van der Waals surface area contributed by atoms with Crippen LogP contribution in [0, 0.1) is 5.92 Å². The van der Waals surface area contributed by atoms with E-state index in [1.165, 1.54) is 0 Å².